The van der Waals surface area contributed by atoms with Crippen LogP contribution in [0.4, 0.5) is 0 Å². The molecule has 0 bridgehead atoms. The molecule has 1 N–H and O–H groups in total. The van der Waals surface area contributed by atoms with Crippen molar-refractivity contribution in [2.75, 3.05) is 0 Å². The van der Waals surface area contributed by atoms with Crippen LogP contribution >= 0.6 is 7.26 Å². The third-order valence-corrected chi connectivity index (χ3v) is 16.4. The Balaban J connectivity index is 1.48. The first-order chi connectivity index (χ1) is 28.7. The number of benzene rings is 11. The Bertz CT molecular complexity index is 3260. The lowest BCUT2D eigenvalue weighted by Gasteiger charge is -2.33. The van der Waals surface area contributed by atoms with Gasteiger partial charge in [-0.3, -0.25) is 0 Å². The topological polar surface area (TPSA) is 20.2 Å². The van der Waals surface area contributed by atoms with E-state index in [1.54, 1.807) is 0 Å². The number of hydrogen-bond acceptors (Lipinski definition) is 1. The molecule has 11 aromatic rings. The lowest BCUT2D eigenvalue weighted by molar-refractivity contribution is 0.475. The molecular weight excluding hydrogens is 720 g/mol. The summed E-state index contributed by atoms with van der Waals surface area (Å²) in [7, 11) is -2.96. The normalized spacial score (nSPS) is 11.9. The van der Waals surface area contributed by atoms with Crippen molar-refractivity contribution in [3.63, 3.8) is 0 Å². The summed E-state index contributed by atoms with van der Waals surface area (Å²) in [6.07, 6.45) is 0. The predicted octanol–water partition coefficient (Wildman–Crippen LogP) is 13.1. The van der Waals surface area contributed by atoms with Gasteiger partial charge in [-0.2, -0.15) is 0 Å². The Hall–Kier alpha value is -7.05. The molecule has 0 radical (unpaired) electrons. The molecule has 0 heterocycles. The summed E-state index contributed by atoms with van der Waals surface area (Å²) in [6, 6.07) is 82.2. The van der Waals surface area contributed by atoms with Crippen LogP contribution in [0.3, 0.4) is 0 Å². The molecule has 0 aromatic heterocycles. The lowest BCUT2D eigenvalue weighted by atomic mass is 9.87. The number of hydrogen-bond donors (Lipinski definition) is 1. The van der Waals surface area contributed by atoms with Gasteiger partial charge in [0.1, 0.15) is 34.2 Å². The molecule has 2 heteroatoms. The van der Waals surface area contributed by atoms with Crippen LogP contribution in [0.15, 0.2) is 224 Å². The number of phenols is 1. The summed E-state index contributed by atoms with van der Waals surface area (Å²) < 4.78 is 0. The smallest absolute Gasteiger partial charge is 0.146 e. The summed E-state index contributed by atoms with van der Waals surface area (Å²) in [5, 5.41) is 28.2. The number of phenolic OH excluding ortho intramolecular Hbond substituents is 1. The molecule has 1 nitrogen and oxygen atoms in total. The van der Waals surface area contributed by atoms with Crippen molar-refractivity contribution < 1.29 is 5.11 Å². The van der Waals surface area contributed by atoms with Crippen molar-refractivity contribution in [3.8, 4) is 28.0 Å². The van der Waals surface area contributed by atoms with Crippen molar-refractivity contribution in [1.29, 1.82) is 0 Å². The van der Waals surface area contributed by atoms with Crippen LogP contribution in [-0.4, -0.2) is 5.11 Å². The number of fused-ring (bicyclic) bond motifs is 5. The summed E-state index contributed by atoms with van der Waals surface area (Å²) in [4.78, 5) is 0. The molecular formula is C56H38OP+. The first kappa shape index (κ1) is 34.2. The molecule has 11 rings (SSSR count). The third-order valence-electron chi connectivity index (χ3n) is 12.0. The molecule has 0 aliphatic heterocycles. The van der Waals surface area contributed by atoms with E-state index in [-0.39, 0.29) is 5.75 Å². The standard InChI is InChI=1S/C56H37OP/c57-43-33-35-44(36-34-43)58(53-31-13-22-40-17-3-8-26-47(40)53,54-32-14-23-41-18-4-9-27-48(41)54)56-49-28-10-5-19-42(49)37-52(50-29-11-20-38-15-1-6-24-45(38)50)55(56)51-30-12-21-39-16-2-7-25-46(39)51/h1-37H/p+1. The zero-order valence-electron chi connectivity index (χ0n) is 31.8. The predicted molar refractivity (Wildman–Crippen MR) is 251 cm³/mol. The minimum Gasteiger partial charge on any atom is -0.508 e. The van der Waals surface area contributed by atoms with Crippen molar-refractivity contribution >= 4 is 82.3 Å². The minimum atomic E-state index is -2.96. The zero-order valence-corrected chi connectivity index (χ0v) is 32.7. The SMILES string of the molecule is Oc1ccc([P+](c2cccc3ccccc23)(c2cccc3ccccc23)c2c(-c3cccc4ccccc34)c(-c3cccc4ccccc34)cc3ccccc23)cc1. The van der Waals surface area contributed by atoms with Crippen LogP contribution in [0.5, 0.6) is 5.75 Å². The van der Waals surface area contributed by atoms with E-state index in [1.807, 2.05) is 12.1 Å². The fraction of sp³-hybridized carbons (Fsp3) is 0. The fourth-order valence-corrected chi connectivity index (χ4v) is 14.6. The molecule has 0 amide bonds. The average Bonchev–Trinajstić information content (AvgIpc) is 3.29. The second kappa shape index (κ2) is 13.9. The highest BCUT2D eigenvalue weighted by atomic mass is 31.2. The number of rotatable bonds is 6. The Morgan fingerprint density at radius 1 is 0.293 bits per heavy atom. The quantitative estimate of drug-likeness (QED) is 0.168. The van der Waals surface area contributed by atoms with Crippen LogP contribution in [0, 0.1) is 0 Å². The number of aromatic hydroxyl groups is 1. The average molecular weight is 758 g/mol. The molecule has 0 spiro atoms. The van der Waals surface area contributed by atoms with Crippen molar-refractivity contribution in [3.05, 3.63) is 224 Å². The van der Waals surface area contributed by atoms with Gasteiger partial charge in [0.15, 0.2) is 0 Å². The molecule has 0 saturated carbocycles. The maximum atomic E-state index is 11.0. The van der Waals surface area contributed by atoms with Gasteiger partial charge in [-0.1, -0.05) is 182 Å². The first-order valence-corrected chi connectivity index (χ1v) is 21.7. The van der Waals surface area contributed by atoms with Gasteiger partial charge in [0.2, 0.25) is 0 Å². The van der Waals surface area contributed by atoms with E-state index in [2.05, 4.69) is 212 Å². The summed E-state index contributed by atoms with van der Waals surface area (Å²) in [5.74, 6) is 0.251. The van der Waals surface area contributed by atoms with Crippen molar-refractivity contribution in [1.82, 2.24) is 0 Å². The summed E-state index contributed by atoms with van der Waals surface area (Å²) in [6.45, 7) is 0. The van der Waals surface area contributed by atoms with Gasteiger partial charge in [-0.05, 0) is 96.9 Å². The summed E-state index contributed by atoms with van der Waals surface area (Å²) >= 11 is 0. The van der Waals surface area contributed by atoms with E-state index in [9.17, 15) is 5.11 Å². The van der Waals surface area contributed by atoms with Crippen molar-refractivity contribution in [2.45, 2.75) is 0 Å². The van der Waals surface area contributed by atoms with E-state index in [4.69, 9.17) is 0 Å². The molecule has 0 saturated heterocycles. The lowest BCUT2D eigenvalue weighted by Crippen LogP contribution is -2.40. The Kier molecular flexibility index (Phi) is 8.17. The molecule has 0 aliphatic rings. The van der Waals surface area contributed by atoms with Gasteiger partial charge >= 0.3 is 0 Å². The highest BCUT2D eigenvalue weighted by Crippen LogP contribution is 2.61. The van der Waals surface area contributed by atoms with Crippen LogP contribution in [0.2, 0.25) is 0 Å². The van der Waals surface area contributed by atoms with Gasteiger partial charge in [0.25, 0.3) is 0 Å². The van der Waals surface area contributed by atoms with E-state index >= 15 is 0 Å². The second-order valence-electron chi connectivity index (χ2n) is 15.1. The molecule has 0 fully saturated rings. The maximum absolute atomic E-state index is 11.0. The molecule has 272 valence electrons. The second-order valence-corrected chi connectivity index (χ2v) is 18.4. The largest absolute Gasteiger partial charge is 0.508 e. The zero-order chi connectivity index (χ0) is 38.6. The molecule has 0 aliphatic carbocycles. The Morgan fingerprint density at radius 3 is 1.24 bits per heavy atom. The summed E-state index contributed by atoms with van der Waals surface area (Å²) in [5.41, 5.74) is 4.83. The monoisotopic (exact) mass is 757 g/mol. The van der Waals surface area contributed by atoms with E-state index in [0.717, 1.165) is 0 Å². The molecule has 0 atom stereocenters. The van der Waals surface area contributed by atoms with Crippen LogP contribution in [0.1, 0.15) is 0 Å². The van der Waals surface area contributed by atoms with Crippen LogP contribution in [0.25, 0.3) is 76.1 Å². The molecule has 11 aromatic carbocycles. The first-order valence-electron chi connectivity index (χ1n) is 19.9. The van der Waals surface area contributed by atoms with Gasteiger partial charge < -0.3 is 5.11 Å². The van der Waals surface area contributed by atoms with Gasteiger partial charge in [0, 0.05) is 21.7 Å². The minimum absolute atomic E-state index is 0.251. The van der Waals surface area contributed by atoms with Crippen molar-refractivity contribution in [2.24, 2.45) is 0 Å². The van der Waals surface area contributed by atoms with Gasteiger partial charge in [-0.25, -0.2) is 0 Å². The molecule has 58 heavy (non-hydrogen) atoms. The molecule has 0 unspecified atom stereocenters. The maximum Gasteiger partial charge on any atom is 0.146 e. The van der Waals surface area contributed by atoms with Gasteiger partial charge in [-0.15, -0.1) is 0 Å². The third kappa shape index (κ3) is 5.28. The van der Waals surface area contributed by atoms with E-state index < -0.39 is 7.26 Å². The van der Waals surface area contributed by atoms with Crippen LogP contribution < -0.4 is 21.2 Å². The highest BCUT2D eigenvalue weighted by molar-refractivity contribution is 8.02. The van der Waals surface area contributed by atoms with Crippen LogP contribution in [-0.2, 0) is 0 Å². The Morgan fingerprint density at radius 2 is 0.690 bits per heavy atom. The van der Waals surface area contributed by atoms with Gasteiger partial charge in [0.05, 0.1) is 0 Å². The van der Waals surface area contributed by atoms with E-state index in [0.29, 0.717) is 0 Å². The highest BCUT2D eigenvalue weighted by Gasteiger charge is 2.53. The fourth-order valence-electron chi connectivity index (χ4n) is 9.52. The van der Waals surface area contributed by atoms with E-state index in [1.165, 1.54) is 97.3 Å². The Labute approximate surface area is 338 Å².